The van der Waals surface area contributed by atoms with E-state index >= 15 is 0 Å². The zero-order valence-electron chi connectivity index (χ0n) is 12.7. The number of carbonyl (C=O) groups excluding carboxylic acids is 1. The maximum Gasteiger partial charge on any atom is 0.273 e. The molecule has 2 aromatic rings. The minimum atomic E-state index is -0.0295. The van der Waals surface area contributed by atoms with Gasteiger partial charge in [0, 0.05) is 29.3 Å². The number of nitrogens with zero attached hydrogens (tertiary/aromatic N) is 2. The molecule has 0 aliphatic rings. The number of nitrogens with one attached hydrogen (secondary N) is 1. The van der Waals surface area contributed by atoms with Crippen molar-refractivity contribution in [2.24, 2.45) is 0 Å². The molecular weight excluding hydrogens is 282 g/mol. The van der Waals surface area contributed by atoms with Crippen molar-refractivity contribution >= 4 is 22.9 Å². The first-order valence-electron chi connectivity index (χ1n) is 7.15. The van der Waals surface area contributed by atoms with Gasteiger partial charge in [-0.2, -0.15) is 0 Å². The lowest BCUT2D eigenvalue weighted by Crippen LogP contribution is -2.36. The summed E-state index contributed by atoms with van der Waals surface area (Å²) in [5.74, 6) is -0.0295. The third kappa shape index (κ3) is 4.04. The van der Waals surface area contributed by atoms with E-state index in [0.29, 0.717) is 12.2 Å². The van der Waals surface area contributed by atoms with Crippen molar-refractivity contribution < 1.29 is 4.79 Å². The molecule has 4 nitrogen and oxygen atoms in total. The van der Waals surface area contributed by atoms with Gasteiger partial charge in [-0.15, -0.1) is 11.3 Å². The molecule has 5 heteroatoms. The van der Waals surface area contributed by atoms with Crippen molar-refractivity contribution in [3.05, 3.63) is 46.4 Å². The summed E-state index contributed by atoms with van der Waals surface area (Å²) in [6, 6.07) is 7.88. The van der Waals surface area contributed by atoms with Crippen LogP contribution in [0.15, 0.2) is 35.8 Å². The number of rotatable bonds is 6. The molecule has 0 atom stereocenters. The lowest BCUT2D eigenvalue weighted by atomic mass is 10.2. The van der Waals surface area contributed by atoms with Gasteiger partial charge in [0.15, 0.2) is 0 Å². The van der Waals surface area contributed by atoms with Crippen LogP contribution in [0, 0.1) is 0 Å². The van der Waals surface area contributed by atoms with Gasteiger partial charge >= 0.3 is 0 Å². The molecule has 1 amide bonds. The Morgan fingerprint density at radius 3 is 2.86 bits per heavy atom. The van der Waals surface area contributed by atoms with Crippen LogP contribution in [0.2, 0.25) is 0 Å². The highest BCUT2D eigenvalue weighted by Gasteiger charge is 2.20. The zero-order valence-corrected chi connectivity index (χ0v) is 13.5. The number of hydrogen-bond acceptors (Lipinski definition) is 4. The lowest BCUT2D eigenvalue weighted by molar-refractivity contribution is 0.0686. The molecule has 2 aromatic heterocycles. The molecule has 2 heterocycles. The van der Waals surface area contributed by atoms with E-state index in [1.807, 2.05) is 49.3 Å². The largest absolute Gasteiger partial charge is 0.385 e. The first-order chi connectivity index (χ1) is 10.1. The normalized spacial score (nSPS) is 10.7. The topological polar surface area (TPSA) is 45.2 Å². The van der Waals surface area contributed by atoms with Crippen molar-refractivity contribution in [2.75, 3.05) is 11.9 Å². The van der Waals surface area contributed by atoms with Crippen LogP contribution in [-0.4, -0.2) is 28.4 Å². The van der Waals surface area contributed by atoms with E-state index in [-0.39, 0.29) is 11.9 Å². The second-order valence-electron chi connectivity index (χ2n) is 5.07. The molecule has 1 N–H and O–H groups in total. The molecule has 0 saturated carbocycles. The highest BCUT2D eigenvalue weighted by molar-refractivity contribution is 7.09. The van der Waals surface area contributed by atoms with Gasteiger partial charge in [-0.3, -0.25) is 9.78 Å². The number of pyridine rings is 1. The number of carbonyl (C=O) groups is 1. The molecule has 0 fully saturated rings. The van der Waals surface area contributed by atoms with Gasteiger partial charge in [0.2, 0.25) is 0 Å². The van der Waals surface area contributed by atoms with E-state index in [0.717, 1.165) is 12.2 Å². The van der Waals surface area contributed by atoms with E-state index in [1.165, 1.54) is 4.88 Å². The summed E-state index contributed by atoms with van der Waals surface area (Å²) < 4.78 is 0. The zero-order chi connectivity index (χ0) is 15.2. The molecule has 112 valence electrons. The van der Waals surface area contributed by atoms with Gasteiger partial charge in [0.05, 0.1) is 6.54 Å². The predicted molar refractivity (Wildman–Crippen MR) is 87.7 cm³/mol. The molecule has 0 aromatic carbocycles. The van der Waals surface area contributed by atoms with E-state index < -0.39 is 0 Å². The molecule has 0 bridgehead atoms. The Morgan fingerprint density at radius 2 is 2.24 bits per heavy atom. The fourth-order valence-corrected chi connectivity index (χ4v) is 2.77. The fourth-order valence-electron chi connectivity index (χ4n) is 2.07. The van der Waals surface area contributed by atoms with E-state index in [2.05, 4.69) is 16.4 Å². The molecule has 2 rings (SSSR count). The van der Waals surface area contributed by atoms with Crippen LogP contribution in [0.1, 0.15) is 36.1 Å². The average Bonchev–Trinajstić information content (AvgIpc) is 2.97. The van der Waals surface area contributed by atoms with Crippen molar-refractivity contribution in [3.63, 3.8) is 0 Å². The van der Waals surface area contributed by atoms with Gasteiger partial charge in [0.25, 0.3) is 5.91 Å². The van der Waals surface area contributed by atoms with Crippen molar-refractivity contribution in [3.8, 4) is 0 Å². The summed E-state index contributed by atoms with van der Waals surface area (Å²) in [4.78, 5) is 20.0. The maximum atomic E-state index is 12.7. The Labute approximate surface area is 129 Å². The summed E-state index contributed by atoms with van der Waals surface area (Å²) in [5.41, 5.74) is 1.41. The highest BCUT2D eigenvalue weighted by Crippen LogP contribution is 2.17. The Hall–Kier alpha value is -1.88. The molecule has 0 radical (unpaired) electrons. The number of thiophene rings is 1. The number of amides is 1. The van der Waals surface area contributed by atoms with Crippen LogP contribution in [-0.2, 0) is 6.54 Å². The maximum absolute atomic E-state index is 12.7. The van der Waals surface area contributed by atoms with Gasteiger partial charge in [-0.1, -0.05) is 6.07 Å². The SMILES string of the molecule is CCNc1ccnc(C(=O)N(Cc2cccs2)C(C)C)c1. The third-order valence-electron chi connectivity index (χ3n) is 3.15. The van der Waals surface area contributed by atoms with E-state index in [9.17, 15) is 4.79 Å². The second kappa shape index (κ2) is 7.22. The molecule has 0 unspecified atom stereocenters. The Morgan fingerprint density at radius 1 is 1.43 bits per heavy atom. The van der Waals surface area contributed by atoms with Crippen molar-refractivity contribution in [1.82, 2.24) is 9.88 Å². The number of hydrogen-bond donors (Lipinski definition) is 1. The van der Waals surface area contributed by atoms with Crippen molar-refractivity contribution in [1.29, 1.82) is 0 Å². The number of aromatic nitrogens is 1. The summed E-state index contributed by atoms with van der Waals surface area (Å²) in [6.07, 6.45) is 1.68. The van der Waals surface area contributed by atoms with Crippen LogP contribution in [0.4, 0.5) is 5.69 Å². The standard InChI is InChI=1S/C16H21N3OS/c1-4-17-13-7-8-18-15(10-13)16(20)19(12(2)3)11-14-6-5-9-21-14/h5-10,12H,4,11H2,1-3H3,(H,17,18). The molecule has 0 saturated heterocycles. The Balaban J connectivity index is 2.19. The predicted octanol–water partition coefficient (Wildman–Crippen LogP) is 3.63. The average molecular weight is 303 g/mol. The smallest absolute Gasteiger partial charge is 0.273 e. The van der Waals surface area contributed by atoms with Crippen molar-refractivity contribution in [2.45, 2.75) is 33.4 Å². The summed E-state index contributed by atoms with van der Waals surface area (Å²) in [7, 11) is 0. The van der Waals surface area contributed by atoms with Crippen LogP contribution in [0.5, 0.6) is 0 Å². The van der Waals surface area contributed by atoms with Gasteiger partial charge in [-0.25, -0.2) is 0 Å². The molecular formula is C16H21N3OS. The molecule has 21 heavy (non-hydrogen) atoms. The summed E-state index contributed by atoms with van der Waals surface area (Å²) in [6.45, 7) is 7.53. The molecule has 0 aliphatic heterocycles. The third-order valence-corrected chi connectivity index (χ3v) is 4.01. The van der Waals surface area contributed by atoms with Gasteiger partial charge in [0.1, 0.15) is 5.69 Å². The van der Waals surface area contributed by atoms with Crippen LogP contribution < -0.4 is 5.32 Å². The summed E-state index contributed by atoms with van der Waals surface area (Å²) >= 11 is 1.67. The van der Waals surface area contributed by atoms with Gasteiger partial charge < -0.3 is 10.2 Å². The monoisotopic (exact) mass is 303 g/mol. The molecule has 0 aliphatic carbocycles. The minimum absolute atomic E-state index is 0.0295. The Bertz CT molecular complexity index is 581. The minimum Gasteiger partial charge on any atom is -0.385 e. The van der Waals surface area contributed by atoms with Crippen LogP contribution in [0.25, 0.3) is 0 Å². The number of anilines is 1. The summed E-state index contributed by atoms with van der Waals surface area (Å²) in [5, 5.41) is 5.24. The van der Waals surface area contributed by atoms with Gasteiger partial charge in [-0.05, 0) is 44.4 Å². The molecule has 0 spiro atoms. The second-order valence-corrected chi connectivity index (χ2v) is 6.10. The first kappa shape index (κ1) is 15.5. The quantitative estimate of drug-likeness (QED) is 0.886. The highest BCUT2D eigenvalue weighted by atomic mass is 32.1. The first-order valence-corrected chi connectivity index (χ1v) is 8.03. The lowest BCUT2D eigenvalue weighted by Gasteiger charge is -2.26. The van der Waals surface area contributed by atoms with E-state index in [1.54, 1.807) is 17.5 Å². The van der Waals surface area contributed by atoms with E-state index in [4.69, 9.17) is 0 Å². The van der Waals surface area contributed by atoms with Crippen LogP contribution >= 0.6 is 11.3 Å². The fraction of sp³-hybridized carbons (Fsp3) is 0.375. The van der Waals surface area contributed by atoms with Crippen LogP contribution in [0.3, 0.4) is 0 Å². The Kier molecular flexibility index (Phi) is 5.33.